The first-order chi connectivity index (χ1) is 9.52. The molecule has 5 nitrogen and oxygen atoms in total. The summed E-state index contributed by atoms with van der Waals surface area (Å²) in [6, 6.07) is 4.01. The summed E-state index contributed by atoms with van der Waals surface area (Å²) in [5, 5.41) is 11.6. The number of carbonyl (C=O) groups excluding carboxylic acids is 1. The average Bonchev–Trinajstić information content (AvgIpc) is 2.48. The van der Waals surface area contributed by atoms with Crippen LogP contribution in [0.15, 0.2) is 23.4 Å². The van der Waals surface area contributed by atoms with E-state index in [1.165, 1.54) is 12.1 Å². The molecule has 1 amide bonds. The maximum atomic E-state index is 13.4. The van der Waals surface area contributed by atoms with E-state index in [-0.39, 0.29) is 28.2 Å². The van der Waals surface area contributed by atoms with Gasteiger partial charge in [0.05, 0.1) is 5.02 Å². The third-order valence-corrected chi connectivity index (χ3v) is 3.79. The lowest BCUT2D eigenvalue weighted by molar-refractivity contribution is 0.0708. The zero-order chi connectivity index (χ0) is 14.7. The smallest absolute Gasteiger partial charge is 0.253 e. The van der Waals surface area contributed by atoms with E-state index in [1.54, 1.807) is 4.90 Å². The fraction of sp³-hybridized carbons (Fsp3) is 0.385. The van der Waals surface area contributed by atoms with Crippen molar-refractivity contribution in [2.45, 2.75) is 12.8 Å². The highest BCUT2D eigenvalue weighted by molar-refractivity contribution is 6.30. The normalized spacial score (nSPS) is 17.3. The lowest BCUT2D eigenvalue weighted by atomic mass is 9.95. The molecule has 108 valence electrons. The van der Waals surface area contributed by atoms with Crippen LogP contribution in [0, 0.1) is 11.7 Å². The Kier molecular flexibility index (Phi) is 4.44. The Morgan fingerprint density at radius 1 is 1.45 bits per heavy atom. The van der Waals surface area contributed by atoms with Gasteiger partial charge in [0.15, 0.2) is 0 Å². The van der Waals surface area contributed by atoms with Crippen LogP contribution in [0.4, 0.5) is 4.39 Å². The van der Waals surface area contributed by atoms with Crippen molar-refractivity contribution in [3.8, 4) is 0 Å². The van der Waals surface area contributed by atoms with E-state index in [2.05, 4.69) is 5.16 Å². The zero-order valence-corrected chi connectivity index (χ0v) is 11.5. The molecule has 20 heavy (non-hydrogen) atoms. The maximum absolute atomic E-state index is 13.4. The standard InChI is InChI=1S/C13H15ClFN3O2/c14-10-2-1-9(7-11(10)15)13(19)18-5-3-8(4-6-18)12(16)17-20/h1-2,7-8,20H,3-6H2,(H2,16,17). The Morgan fingerprint density at radius 2 is 2.10 bits per heavy atom. The van der Waals surface area contributed by atoms with Crippen molar-refractivity contribution < 1.29 is 14.4 Å². The van der Waals surface area contributed by atoms with E-state index in [0.717, 1.165) is 6.07 Å². The van der Waals surface area contributed by atoms with Crippen LogP contribution in [0.3, 0.4) is 0 Å². The molecule has 0 saturated carbocycles. The Labute approximate surface area is 120 Å². The summed E-state index contributed by atoms with van der Waals surface area (Å²) in [7, 11) is 0. The highest BCUT2D eigenvalue weighted by Gasteiger charge is 2.26. The van der Waals surface area contributed by atoms with Crippen LogP contribution in [-0.2, 0) is 0 Å². The van der Waals surface area contributed by atoms with Crippen molar-refractivity contribution in [3.05, 3.63) is 34.6 Å². The van der Waals surface area contributed by atoms with Gasteiger partial charge in [0, 0.05) is 24.6 Å². The molecule has 0 atom stereocenters. The number of nitrogens with two attached hydrogens (primary N) is 1. The molecule has 3 N–H and O–H groups in total. The van der Waals surface area contributed by atoms with Crippen LogP contribution in [0.1, 0.15) is 23.2 Å². The van der Waals surface area contributed by atoms with E-state index < -0.39 is 5.82 Å². The Hall–Kier alpha value is -1.82. The van der Waals surface area contributed by atoms with Gasteiger partial charge in [0.25, 0.3) is 5.91 Å². The minimum atomic E-state index is -0.607. The summed E-state index contributed by atoms with van der Waals surface area (Å²) in [6.07, 6.45) is 1.25. The predicted molar refractivity (Wildman–Crippen MR) is 73.4 cm³/mol. The molecule has 0 unspecified atom stereocenters. The molecule has 1 aliphatic heterocycles. The van der Waals surface area contributed by atoms with Crippen molar-refractivity contribution in [2.75, 3.05) is 13.1 Å². The predicted octanol–water partition coefficient (Wildman–Crippen LogP) is 2.08. The number of piperidine rings is 1. The molecule has 1 aromatic carbocycles. The molecule has 0 aliphatic carbocycles. The van der Waals surface area contributed by atoms with E-state index in [9.17, 15) is 9.18 Å². The molecule has 7 heteroatoms. The van der Waals surface area contributed by atoms with Crippen molar-refractivity contribution >= 4 is 23.3 Å². The van der Waals surface area contributed by atoms with E-state index in [4.69, 9.17) is 22.5 Å². The SMILES string of the molecule is N/C(=N/O)C1CCN(C(=O)c2ccc(Cl)c(F)c2)CC1. The molecule has 1 aromatic rings. The van der Waals surface area contributed by atoms with Crippen molar-refractivity contribution in [1.82, 2.24) is 4.90 Å². The topological polar surface area (TPSA) is 78.9 Å². The van der Waals surface area contributed by atoms with Crippen LogP contribution in [0.2, 0.25) is 5.02 Å². The fourth-order valence-electron chi connectivity index (χ4n) is 2.27. The summed E-state index contributed by atoms with van der Waals surface area (Å²) in [6.45, 7) is 0.980. The fourth-order valence-corrected chi connectivity index (χ4v) is 2.39. The molecule has 2 rings (SSSR count). The molecule has 1 fully saturated rings. The first-order valence-electron chi connectivity index (χ1n) is 6.24. The minimum Gasteiger partial charge on any atom is -0.409 e. The second kappa shape index (κ2) is 6.09. The Morgan fingerprint density at radius 3 is 2.65 bits per heavy atom. The Bertz CT molecular complexity index is 542. The van der Waals surface area contributed by atoms with Crippen LogP contribution in [0.5, 0.6) is 0 Å². The molecule has 0 spiro atoms. The van der Waals surface area contributed by atoms with E-state index in [0.29, 0.717) is 25.9 Å². The molecule has 0 aromatic heterocycles. The van der Waals surface area contributed by atoms with Gasteiger partial charge >= 0.3 is 0 Å². The summed E-state index contributed by atoms with van der Waals surface area (Å²) in [5.74, 6) is -0.678. The molecule has 0 radical (unpaired) electrons. The molecule has 0 bridgehead atoms. The number of carbonyl (C=O) groups is 1. The quantitative estimate of drug-likeness (QED) is 0.380. The van der Waals surface area contributed by atoms with Crippen molar-refractivity contribution in [2.24, 2.45) is 16.8 Å². The van der Waals surface area contributed by atoms with Crippen LogP contribution >= 0.6 is 11.6 Å². The second-order valence-electron chi connectivity index (χ2n) is 4.72. The lowest BCUT2D eigenvalue weighted by Crippen LogP contribution is -2.41. The minimum absolute atomic E-state index is 0.00723. The van der Waals surface area contributed by atoms with Gasteiger partial charge in [-0.25, -0.2) is 4.39 Å². The van der Waals surface area contributed by atoms with Crippen LogP contribution in [0.25, 0.3) is 0 Å². The first kappa shape index (κ1) is 14.6. The number of hydrogen-bond donors (Lipinski definition) is 2. The van der Waals surface area contributed by atoms with Crippen molar-refractivity contribution in [3.63, 3.8) is 0 Å². The molecular weight excluding hydrogens is 285 g/mol. The molecule has 1 aliphatic rings. The van der Waals surface area contributed by atoms with Gasteiger partial charge in [-0.3, -0.25) is 4.79 Å². The van der Waals surface area contributed by atoms with Crippen molar-refractivity contribution in [1.29, 1.82) is 0 Å². The first-order valence-corrected chi connectivity index (χ1v) is 6.62. The highest BCUT2D eigenvalue weighted by Crippen LogP contribution is 2.21. The molecule has 1 saturated heterocycles. The maximum Gasteiger partial charge on any atom is 0.253 e. The third kappa shape index (κ3) is 3.01. The lowest BCUT2D eigenvalue weighted by Gasteiger charge is -2.31. The third-order valence-electron chi connectivity index (χ3n) is 3.48. The van der Waals surface area contributed by atoms with Gasteiger partial charge in [-0.15, -0.1) is 0 Å². The second-order valence-corrected chi connectivity index (χ2v) is 5.13. The van der Waals surface area contributed by atoms with Crippen LogP contribution < -0.4 is 5.73 Å². The number of benzene rings is 1. The number of rotatable bonds is 2. The number of oxime groups is 1. The number of amides is 1. The number of hydrogen-bond acceptors (Lipinski definition) is 3. The summed E-state index contributed by atoms with van der Waals surface area (Å²) < 4.78 is 13.4. The van der Waals surface area contributed by atoms with Gasteiger partial charge in [-0.2, -0.15) is 0 Å². The number of nitrogens with zero attached hydrogens (tertiary/aromatic N) is 2. The average molecular weight is 300 g/mol. The van der Waals surface area contributed by atoms with Gasteiger partial charge < -0.3 is 15.8 Å². The van der Waals surface area contributed by atoms with Gasteiger partial charge in [-0.1, -0.05) is 16.8 Å². The monoisotopic (exact) mass is 299 g/mol. The largest absolute Gasteiger partial charge is 0.409 e. The summed E-state index contributed by atoms with van der Waals surface area (Å²) >= 11 is 5.59. The van der Waals surface area contributed by atoms with Gasteiger partial charge in [0.1, 0.15) is 11.7 Å². The number of likely N-dealkylation sites (tertiary alicyclic amines) is 1. The molecular formula is C13H15ClFN3O2. The highest BCUT2D eigenvalue weighted by atomic mass is 35.5. The van der Waals surface area contributed by atoms with E-state index >= 15 is 0 Å². The zero-order valence-electron chi connectivity index (χ0n) is 10.7. The summed E-state index contributed by atoms with van der Waals surface area (Å²) in [4.78, 5) is 13.8. The molecule has 1 heterocycles. The van der Waals surface area contributed by atoms with Gasteiger partial charge in [-0.05, 0) is 31.0 Å². The number of halogens is 2. The van der Waals surface area contributed by atoms with Gasteiger partial charge in [0.2, 0.25) is 0 Å². The van der Waals surface area contributed by atoms with Crippen LogP contribution in [-0.4, -0.2) is 34.9 Å². The Balaban J connectivity index is 2.03. The number of amidine groups is 1. The van der Waals surface area contributed by atoms with E-state index in [1.807, 2.05) is 0 Å². The summed E-state index contributed by atoms with van der Waals surface area (Å²) in [5.41, 5.74) is 5.82.